The van der Waals surface area contributed by atoms with Crippen molar-refractivity contribution in [3.05, 3.63) is 0 Å². The third kappa shape index (κ3) is 2.98. The highest BCUT2D eigenvalue weighted by atomic mass is 32.2. The van der Waals surface area contributed by atoms with Crippen LogP contribution in [-0.4, -0.2) is 24.1 Å². The molecule has 2 aliphatic rings. The number of esters is 1. The minimum atomic E-state index is -0.0333. The SMILES string of the molecule is COC(=O)C[C@@H]1SC[C@H](C)[C@@H]2CC[C@@H](C)C[C@H]21. The van der Waals surface area contributed by atoms with Gasteiger partial charge in [-0.05, 0) is 42.3 Å². The van der Waals surface area contributed by atoms with Crippen molar-refractivity contribution in [2.75, 3.05) is 12.9 Å². The summed E-state index contributed by atoms with van der Waals surface area (Å²) in [5.41, 5.74) is 0. The largest absolute Gasteiger partial charge is 0.469 e. The van der Waals surface area contributed by atoms with Crippen molar-refractivity contribution < 1.29 is 9.53 Å². The highest BCUT2D eigenvalue weighted by molar-refractivity contribution is 8.00. The summed E-state index contributed by atoms with van der Waals surface area (Å²) in [6, 6.07) is 0. The fraction of sp³-hybridized carbons (Fsp3) is 0.929. The van der Waals surface area contributed by atoms with E-state index in [2.05, 4.69) is 13.8 Å². The Morgan fingerprint density at radius 1 is 1.29 bits per heavy atom. The van der Waals surface area contributed by atoms with E-state index >= 15 is 0 Å². The first kappa shape index (κ1) is 13.3. The number of ether oxygens (including phenoxy) is 1. The molecule has 2 fully saturated rings. The summed E-state index contributed by atoms with van der Waals surface area (Å²) in [7, 11) is 1.50. The Morgan fingerprint density at radius 2 is 2.06 bits per heavy atom. The molecule has 5 atom stereocenters. The quantitative estimate of drug-likeness (QED) is 0.709. The topological polar surface area (TPSA) is 26.3 Å². The van der Waals surface area contributed by atoms with Gasteiger partial charge in [-0.3, -0.25) is 4.79 Å². The molecule has 1 saturated carbocycles. The van der Waals surface area contributed by atoms with Crippen LogP contribution in [0.15, 0.2) is 0 Å². The van der Waals surface area contributed by atoms with Crippen LogP contribution >= 0.6 is 11.8 Å². The standard InChI is InChI=1S/C14H24O2S/c1-9-4-5-11-10(2)8-17-13(12(11)6-9)7-14(15)16-3/h9-13H,4-8H2,1-3H3/t9-,10+,11+,12-,13+/m1/s1. The summed E-state index contributed by atoms with van der Waals surface area (Å²) in [5.74, 6) is 4.44. The maximum Gasteiger partial charge on any atom is 0.306 e. The Labute approximate surface area is 109 Å². The highest BCUT2D eigenvalue weighted by Gasteiger charge is 2.41. The molecular weight excluding hydrogens is 232 g/mol. The number of rotatable bonds is 2. The van der Waals surface area contributed by atoms with Gasteiger partial charge in [-0.15, -0.1) is 0 Å². The van der Waals surface area contributed by atoms with Gasteiger partial charge in [0, 0.05) is 5.25 Å². The smallest absolute Gasteiger partial charge is 0.306 e. The molecular formula is C14H24O2S. The van der Waals surface area contributed by atoms with Gasteiger partial charge in [-0.25, -0.2) is 0 Å². The van der Waals surface area contributed by atoms with Crippen LogP contribution < -0.4 is 0 Å². The normalized spacial score (nSPS) is 41.7. The van der Waals surface area contributed by atoms with Crippen LogP contribution in [0.4, 0.5) is 0 Å². The molecule has 0 spiro atoms. The molecule has 1 aliphatic heterocycles. The minimum absolute atomic E-state index is 0.0333. The third-order valence-electron chi connectivity index (χ3n) is 4.59. The zero-order chi connectivity index (χ0) is 12.4. The average molecular weight is 256 g/mol. The van der Waals surface area contributed by atoms with Gasteiger partial charge in [0.05, 0.1) is 13.5 Å². The fourth-order valence-corrected chi connectivity index (χ4v) is 5.17. The molecule has 0 aromatic carbocycles. The van der Waals surface area contributed by atoms with Crippen molar-refractivity contribution in [1.82, 2.24) is 0 Å². The first-order valence-electron chi connectivity index (χ1n) is 6.80. The van der Waals surface area contributed by atoms with E-state index < -0.39 is 0 Å². The molecule has 1 aliphatic carbocycles. The van der Waals surface area contributed by atoms with Crippen LogP contribution in [0.25, 0.3) is 0 Å². The van der Waals surface area contributed by atoms with Crippen LogP contribution in [-0.2, 0) is 9.53 Å². The molecule has 0 radical (unpaired) electrons. The summed E-state index contributed by atoms with van der Waals surface area (Å²) >= 11 is 2.00. The molecule has 98 valence electrons. The van der Waals surface area contributed by atoms with E-state index in [9.17, 15) is 4.79 Å². The van der Waals surface area contributed by atoms with Gasteiger partial charge < -0.3 is 4.74 Å². The monoisotopic (exact) mass is 256 g/mol. The van der Waals surface area contributed by atoms with E-state index in [4.69, 9.17) is 4.74 Å². The molecule has 0 bridgehead atoms. The Hall–Kier alpha value is -0.180. The Bertz CT molecular complexity index is 279. The lowest BCUT2D eigenvalue weighted by atomic mass is 9.68. The summed E-state index contributed by atoms with van der Waals surface area (Å²) in [6.07, 6.45) is 4.66. The zero-order valence-corrected chi connectivity index (χ0v) is 12.0. The molecule has 0 N–H and O–H groups in total. The van der Waals surface area contributed by atoms with Crippen molar-refractivity contribution in [2.45, 2.75) is 44.8 Å². The molecule has 0 aromatic rings. The predicted molar refractivity (Wildman–Crippen MR) is 72.0 cm³/mol. The van der Waals surface area contributed by atoms with Crippen LogP contribution in [0, 0.1) is 23.7 Å². The summed E-state index contributed by atoms with van der Waals surface area (Å²) in [5, 5.41) is 0.506. The first-order chi connectivity index (χ1) is 8.11. The number of methoxy groups -OCH3 is 1. The number of hydrogen-bond donors (Lipinski definition) is 0. The van der Waals surface area contributed by atoms with Crippen molar-refractivity contribution >= 4 is 17.7 Å². The van der Waals surface area contributed by atoms with Gasteiger partial charge in [0.1, 0.15) is 0 Å². The molecule has 2 rings (SSSR count). The third-order valence-corrected chi connectivity index (χ3v) is 6.26. The minimum Gasteiger partial charge on any atom is -0.469 e. The number of carbonyl (C=O) groups excluding carboxylic acids is 1. The lowest BCUT2D eigenvalue weighted by Crippen LogP contribution is -2.41. The van der Waals surface area contributed by atoms with E-state index in [1.165, 1.54) is 32.1 Å². The Balaban J connectivity index is 2.03. The van der Waals surface area contributed by atoms with Crippen molar-refractivity contribution in [2.24, 2.45) is 23.7 Å². The van der Waals surface area contributed by atoms with Crippen molar-refractivity contribution in [3.63, 3.8) is 0 Å². The molecule has 1 saturated heterocycles. The second kappa shape index (κ2) is 5.64. The van der Waals surface area contributed by atoms with Gasteiger partial charge in [0.15, 0.2) is 0 Å². The molecule has 17 heavy (non-hydrogen) atoms. The molecule has 2 nitrogen and oxygen atoms in total. The fourth-order valence-electron chi connectivity index (χ4n) is 3.56. The number of carbonyl (C=O) groups is 1. The second-order valence-corrected chi connectivity index (χ2v) is 7.15. The van der Waals surface area contributed by atoms with E-state index in [-0.39, 0.29) is 5.97 Å². The Morgan fingerprint density at radius 3 is 2.76 bits per heavy atom. The van der Waals surface area contributed by atoms with Gasteiger partial charge in [0.25, 0.3) is 0 Å². The van der Waals surface area contributed by atoms with Crippen LogP contribution in [0.3, 0.4) is 0 Å². The zero-order valence-electron chi connectivity index (χ0n) is 11.1. The molecule has 0 aromatic heterocycles. The summed E-state index contributed by atoms with van der Waals surface area (Å²) in [6.45, 7) is 4.74. The lowest BCUT2D eigenvalue weighted by molar-refractivity contribution is -0.141. The first-order valence-corrected chi connectivity index (χ1v) is 7.85. The predicted octanol–water partition coefficient (Wildman–Crippen LogP) is 3.35. The van der Waals surface area contributed by atoms with Crippen LogP contribution in [0.1, 0.15) is 39.5 Å². The Kier molecular flexibility index (Phi) is 4.40. The second-order valence-electron chi connectivity index (χ2n) is 5.88. The maximum atomic E-state index is 11.5. The maximum absolute atomic E-state index is 11.5. The van der Waals surface area contributed by atoms with E-state index in [0.717, 1.165) is 23.7 Å². The van der Waals surface area contributed by atoms with Crippen LogP contribution in [0.5, 0.6) is 0 Å². The van der Waals surface area contributed by atoms with Crippen molar-refractivity contribution in [3.8, 4) is 0 Å². The molecule has 0 amide bonds. The molecule has 3 heteroatoms. The number of hydrogen-bond acceptors (Lipinski definition) is 3. The molecule has 1 heterocycles. The van der Waals surface area contributed by atoms with Gasteiger partial charge in [0.2, 0.25) is 0 Å². The van der Waals surface area contributed by atoms with E-state index in [0.29, 0.717) is 11.7 Å². The molecule has 0 unspecified atom stereocenters. The van der Waals surface area contributed by atoms with Gasteiger partial charge >= 0.3 is 5.97 Å². The van der Waals surface area contributed by atoms with Crippen molar-refractivity contribution in [1.29, 1.82) is 0 Å². The van der Waals surface area contributed by atoms with Gasteiger partial charge in [-0.1, -0.05) is 20.3 Å². The summed E-state index contributed by atoms with van der Waals surface area (Å²) < 4.78 is 4.83. The van der Waals surface area contributed by atoms with Gasteiger partial charge in [-0.2, -0.15) is 11.8 Å². The van der Waals surface area contributed by atoms with E-state index in [1.807, 2.05) is 11.8 Å². The average Bonchev–Trinajstić information content (AvgIpc) is 2.32. The van der Waals surface area contributed by atoms with Crippen LogP contribution in [0.2, 0.25) is 0 Å². The number of thioether (sulfide) groups is 1. The summed E-state index contributed by atoms with van der Waals surface area (Å²) in [4.78, 5) is 11.5. The number of fused-ring (bicyclic) bond motifs is 1. The van der Waals surface area contributed by atoms with E-state index in [1.54, 1.807) is 0 Å². The lowest BCUT2D eigenvalue weighted by Gasteiger charge is -2.46. The highest BCUT2D eigenvalue weighted by Crippen LogP contribution is 2.48.